The molecule has 3 heterocycles. The lowest BCUT2D eigenvalue weighted by atomic mass is 10.2. The van der Waals surface area contributed by atoms with Crippen molar-refractivity contribution in [1.82, 2.24) is 30.6 Å². The Morgan fingerprint density at radius 2 is 2.16 bits per heavy atom. The lowest BCUT2D eigenvalue weighted by molar-refractivity contribution is -0.121. The minimum atomic E-state index is -0.219. The third-order valence-electron chi connectivity index (χ3n) is 3.41. The zero-order chi connectivity index (χ0) is 17.6. The fraction of sp³-hybridized carbons (Fsp3) is 0.333. The number of aromatic nitrogens is 5. The molecule has 25 heavy (non-hydrogen) atoms. The SMILES string of the molecule is C[C@@H](NC(=O)CCCc1nc(-c2ccncc2)no1)c1nnc(N)s1. The van der Waals surface area contributed by atoms with Crippen LogP contribution < -0.4 is 11.1 Å². The molecule has 0 spiro atoms. The summed E-state index contributed by atoms with van der Waals surface area (Å²) < 4.78 is 5.21. The van der Waals surface area contributed by atoms with Crippen LogP contribution in [0.3, 0.4) is 0 Å². The number of nitrogens with two attached hydrogens (primary N) is 1. The molecule has 0 aliphatic carbocycles. The first-order valence-corrected chi connectivity index (χ1v) is 8.54. The number of carbonyl (C=O) groups is 1. The van der Waals surface area contributed by atoms with Gasteiger partial charge in [-0.25, -0.2) is 0 Å². The molecule has 1 atom stereocenters. The maximum Gasteiger partial charge on any atom is 0.226 e. The van der Waals surface area contributed by atoms with Gasteiger partial charge in [-0.3, -0.25) is 9.78 Å². The molecule has 0 aromatic carbocycles. The van der Waals surface area contributed by atoms with Gasteiger partial charge in [-0.1, -0.05) is 16.5 Å². The molecule has 130 valence electrons. The number of aryl methyl sites for hydroxylation is 1. The molecule has 0 unspecified atom stereocenters. The molecular weight excluding hydrogens is 342 g/mol. The maximum absolute atomic E-state index is 12.0. The van der Waals surface area contributed by atoms with Gasteiger partial charge in [0.15, 0.2) is 0 Å². The van der Waals surface area contributed by atoms with Gasteiger partial charge in [0, 0.05) is 30.8 Å². The molecule has 1 amide bonds. The van der Waals surface area contributed by atoms with Crippen LogP contribution >= 0.6 is 11.3 Å². The van der Waals surface area contributed by atoms with Gasteiger partial charge < -0.3 is 15.6 Å². The monoisotopic (exact) mass is 359 g/mol. The summed E-state index contributed by atoms with van der Waals surface area (Å²) in [4.78, 5) is 20.3. The summed E-state index contributed by atoms with van der Waals surface area (Å²) in [7, 11) is 0. The molecule has 0 fully saturated rings. The topological polar surface area (TPSA) is 133 Å². The predicted molar refractivity (Wildman–Crippen MR) is 91.3 cm³/mol. The number of pyridine rings is 1. The number of hydrogen-bond donors (Lipinski definition) is 2. The number of rotatable bonds is 7. The van der Waals surface area contributed by atoms with Gasteiger partial charge >= 0.3 is 0 Å². The summed E-state index contributed by atoms with van der Waals surface area (Å²) in [6, 6.07) is 3.40. The van der Waals surface area contributed by atoms with Crippen molar-refractivity contribution in [1.29, 1.82) is 0 Å². The van der Waals surface area contributed by atoms with E-state index in [1.165, 1.54) is 11.3 Å². The second-order valence-corrected chi connectivity index (χ2v) is 6.41. The number of nitrogen functional groups attached to an aromatic ring is 1. The highest BCUT2D eigenvalue weighted by atomic mass is 32.1. The fourth-order valence-electron chi connectivity index (χ4n) is 2.17. The molecule has 0 bridgehead atoms. The second kappa shape index (κ2) is 7.79. The summed E-state index contributed by atoms with van der Waals surface area (Å²) in [5.74, 6) is 0.948. The van der Waals surface area contributed by atoms with Crippen LogP contribution in [0.2, 0.25) is 0 Å². The maximum atomic E-state index is 12.0. The first kappa shape index (κ1) is 17.0. The van der Waals surface area contributed by atoms with Crippen molar-refractivity contribution >= 4 is 22.4 Å². The van der Waals surface area contributed by atoms with E-state index < -0.39 is 0 Å². The van der Waals surface area contributed by atoms with Crippen molar-refractivity contribution < 1.29 is 9.32 Å². The van der Waals surface area contributed by atoms with Crippen molar-refractivity contribution in [3.63, 3.8) is 0 Å². The van der Waals surface area contributed by atoms with Crippen LogP contribution in [-0.2, 0) is 11.2 Å². The van der Waals surface area contributed by atoms with Gasteiger partial charge in [-0.15, -0.1) is 10.2 Å². The Kier molecular flexibility index (Phi) is 5.29. The largest absolute Gasteiger partial charge is 0.374 e. The van der Waals surface area contributed by atoms with Crippen LogP contribution in [0.1, 0.15) is 36.7 Å². The predicted octanol–water partition coefficient (Wildman–Crippen LogP) is 1.77. The fourth-order valence-corrected chi connectivity index (χ4v) is 2.78. The molecule has 10 heteroatoms. The third-order valence-corrected chi connectivity index (χ3v) is 4.34. The summed E-state index contributed by atoms with van der Waals surface area (Å²) >= 11 is 1.26. The van der Waals surface area contributed by atoms with E-state index in [0.29, 0.717) is 41.1 Å². The van der Waals surface area contributed by atoms with E-state index in [-0.39, 0.29) is 11.9 Å². The average Bonchev–Trinajstić information content (AvgIpc) is 3.25. The summed E-state index contributed by atoms with van der Waals surface area (Å²) in [5.41, 5.74) is 6.38. The molecule has 0 saturated carbocycles. The first-order chi connectivity index (χ1) is 12.1. The second-order valence-electron chi connectivity index (χ2n) is 5.37. The Hall–Kier alpha value is -2.88. The van der Waals surface area contributed by atoms with E-state index in [2.05, 4.69) is 30.6 Å². The van der Waals surface area contributed by atoms with E-state index in [4.69, 9.17) is 10.3 Å². The van der Waals surface area contributed by atoms with Gasteiger partial charge in [0.05, 0.1) is 6.04 Å². The molecule has 0 radical (unpaired) electrons. The highest BCUT2D eigenvalue weighted by Crippen LogP contribution is 2.19. The van der Waals surface area contributed by atoms with Crippen LogP contribution in [-0.4, -0.2) is 31.2 Å². The van der Waals surface area contributed by atoms with Crippen molar-refractivity contribution in [2.24, 2.45) is 0 Å². The van der Waals surface area contributed by atoms with Crippen LogP contribution in [0.4, 0.5) is 5.13 Å². The standard InChI is InChI=1S/C15H17N7O2S/c1-9(14-20-21-15(16)25-14)18-11(23)3-2-4-12-19-13(22-24-12)10-5-7-17-8-6-10/h5-9H,2-4H2,1H3,(H2,16,21)(H,18,23)/t9-/m1/s1. The van der Waals surface area contributed by atoms with E-state index >= 15 is 0 Å². The van der Waals surface area contributed by atoms with E-state index in [1.807, 2.05) is 19.1 Å². The molecule has 9 nitrogen and oxygen atoms in total. The zero-order valence-corrected chi connectivity index (χ0v) is 14.4. The van der Waals surface area contributed by atoms with Gasteiger partial charge in [0.25, 0.3) is 0 Å². The highest BCUT2D eigenvalue weighted by Gasteiger charge is 2.14. The Labute approximate surface area is 147 Å². The molecule has 3 rings (SSSR count). The number of carbonyl (C=O) groups excluding carboxylic acids is 1. The van der Waals surface area contributed by atoms with Crippen molar-refractivity contribution in [2.45, 2.75) is 32.2 Å². The Bertz CT molecular complexity index is 833. The minimum absolute atomic E-state index is 0.0739. The van der Waals surface area contributed by atoms with Crippen LogP contribution in [0.15, 0.2) is 29.0 Å². The smallest absolute Gasteiger partial charge is 0.226 e. The van der Waals surface area contributed by atoms with Gasteiger partial charge in [-0.05, 0) is 25.5 Å². The Morgan fingerprint density at radius 3 is 2.88 bits per heavy atom. The van der Waals surface area contributed by atoms with E-state index in [9.17, 15) is 4.79 Å². The summed E-state index contributed by atoms with van der Waals surface area (Å²) in [6.07, 6.45) is 4.83. The molecule has 3 N–H and O–H groups in total. The van der Waals surface area contributed by atoms with Crippen LogP contribution in [0.25, 0.3) is 11.4 Å². The molecule has 0 aliphatic heterocycles. The van der Waals surface area contributed by atoms with Crippen molar-refractivity contribution in [2.75, 3.05) is 5.73 Å². The Morgan fingerprint density at radius 1 is 1.36 bits per heavy atom. The van der Waals surface area contributed by atoms with Crippen molar-refractivity contribution in [3.8, 4) is 11.4 Å². The highest BCUT2D eigenvalue weighted by molar-refractivity contribution is 7.15. The number of nitrogens with zero attached hydrogens (tertiary/aromatic N) is 5. The number of anilines is 1. The molecule has 3 aromatic rings. The minimum Gasteiger partial charge on any atom is -0.374 e. The zero-order valence-electron chi connectivity index (χ0n) is 13.5. The molecule has 0 saturated heterocycles. The van der Waals surface area contributed by atoms with Gasteiger partial charge in [0.2, 0.25) is 22.8 Å². The molecule has 0 aliphatic rings. The number of amides is 1. The number of nitrogens with one attached hydrogen (secondary N) is 1. The molecular formula is C15H17N7O2S. The van der Waals surface area contributed by atoms with Crippen LogP contribution in [0, 0.1) is 0 Å². The summed E-state index contributed by atoms with van der Waals surface area (Å²) in [6.45, 7) is 1.84. The Balaban J connectivity index is 1.45. The van der Waals surface area contributed by atoms with Crippen molar-refractivity contribution in [3.05, 3.63) is 35.4 Å². The normalized spacial score (nSPS) is 12.0. The van der Waals surface area contributed by atoms with E-state index in [0.717, 1.165) is 5.56 Å². The lowest BCUT2D eigenvalue weighted by Gasteiger charge is -2.09. The van der Waals surface area contributed by atoms with Crippen LogP contribution in [0.5, 0.6) is 0 Å². The summed E-state index contributed by atoms with van der Waals surface area (Å²) in [5, 5.41) is 15.5. The first-order valence-electron chi connectivity index (χ1n) is 7.73. The quantitative estimate of drug-likeness (QED) is 0.652. The third kappa shape index (κ3) is 4.57. The van der Waals surface area contributed by atoms with Gasteiger partial charge in [0.1, 0.15) is 5.01 Å². The lowest BCUT2D eigenvalue weighted by Crippen LogP contribution is -2.26. The average molecular weight is 359 g/mol. The molecule has 3 aromatic heterocycles. The van der Waals surface area contributed by atoms with Gasteiger partial charge in [-0.2, -0.15) is 4.98 Å². The number of hydrogen-bond acceptors (Lipinski definition) is 9. The van der Waals surface area contributed by atoms with E-state index in [1.54, 1.807) is 12.4 Å².